The molecule has 1 aromatic heterocycles. The molecule has 254 valence electrons. The number of hydrogen-bond acceptors (Lipinski definition) is 7. The topological polar surface area (TPSA) is 202 Å². The Balaban J connectivity index is 1.56. The summed E-state index contributed by atoms with van der Waals surface area (Å²) in [4.78, 5) is 73.5. The molecule has 1 fully saturated rings. The summed E-state index contributed by atoms with van der Waals surface area (Å²) in [6.45, 7) is 3.92. The molecule has 1 heterocycles. The predicted octanol–water partition coefficient (Wildman–Crippen LogP) is 1.30. The van der Waals surface area contributed by atoms with Gasteiger partial charge in [0.2, 0.25) is 35.9 Å². The molecule has 47 heavy (non-hydrogen) atoms. The fourth-order valence-electron chi connectivity index (χ4n) is 5.59. The lowest BCUT2D eigenvalue weighted by atomic mass is 9.85. The molecular weight excluding hydrogens is 604 g/mol. The highest BCUT2D eigenvalue weighted by Gasteiger charge is 2.29. The summed E-state index contributed by atoms with van der Waals surface area (Å²) < 4.78 is 5.42. The maximum atomic E-state index is 13.4. The Hall–Kier alpha value is -4.94. The van der Waals surface area contributed by atoms with Crippen molar-refractivity contribution in [1.29, 1.82) is 0 Å². The van der Waals surface area contributed by atoms with Crippen molar-refractivity contribution in [2.24, 2.45) is 11.7 Å². The van der Waals surface area contributed by atoms with Gasteiger partial charge in [-0.3, -0.25) is 28.8 Å². The first kappa shape index (κ1) is 36.5. The Kier molecular flexibility index (Phi) is 15.2. The Labute approximate surface area is 274 Å². The van der Waals surface area contributed by atoms with Crippen LogP contribution >= 0.6 is 0 Å². The molecule has 0 aliphatic heterocycles. The maximum absolute atomic E-state index is 13.4. The van der Waals surface area contributed by atoms with E-state index < -0.39 is 23.9 Å². The third-order valence-corrected chi connectivity index (χ3v) is 8.30. The zero-order valence-corrected chi connectivity index (χ0v) is 26.6. The van der Waals surface area contributed by atoms with Gasteiger partial charge in [-0.25, -0.2) is 0 Å². The molecule has 7 N–H and O–H groups in total. The molecule has 0 radical (unpaired) electrons. The Bertz CT molecular complexity index is 1350. The number of carbonyl (C=O) groups is 6. The average Bonchev–Trinajstić information content (AvgIpc) is 3.59. The normalized spacial score (nSPS) is 16.9. The molecular formula is C34H46N6O7. The first-order chi connectivity index (χ1) is 22.7. The van der Waals surface area contributed by atoms with Crippen molar-refractivity contribution >= 4 is 35.9 Å². The number of nitrogens with two attached hydrogens (primary N) is 1. The first-order valence-electron chi connectivity index (χ1n) is 16.1. The summed E-state index contributed by atoms with van der Waals surface area (Å²) in [5, 5.41) is 14.0. The van der Waals surface area contributed by atoms with Gasteiger partial charge in [-0.05, 0) is 80.7 Å². The molecule has 0 unspecified atom stereocenters. The molecule has 0 bridgehead atoms. The van der Waals surface area contributed by atoms with Crippen LogP contribution < -0.4 is 32.3 Å². The molecule has 2 atom stereocenters. The molecule has 3 rings (SSSR count). The van der Waals surface area contributed by atoms with Crippen LogP contribution in [0.4, 0.5) is 0 Å². The number of amides is 6. The van der Waals surface area contributed by atoms with E-state index in [1.54, 1.807) is 36.6 Å². The standard InChI is InChI=1S/C34H46N6O7/c1-2-30(42)36-18-6-5-11-28(32(35)44)39-31(43)20-24-8-3-4-9-25(24)21-37-34(46)29(17-16-27-10-7-19-47-27)40-33(45)23-12-14-26(15-13-23)38-22-41/h2-4,7-10,19,22-23,26,28-29H,1,5-6,11-18,20-21H2,(H2,35,44)(H,36,42)(H,37,46)(H,38,41)(H,39,43)(H,40,45)/t23-,26+,28-,29-/m0/s1. The smallest absolute Gasteiger partial charge is 0.243 e. The van der Waals surface area contributed by atoms with Gasteiger partial charge < -0.3 is 36.7 Å². The van der Waals surface area contributed by atoms with Crippen molar-refractivity contribution in [3.63, 3.8) is 0 Å². The van der Waals surface area contributed by atoms with Gasteiger partial charge in [-0.15, -0.1) is 0 Å². The highest BCUT2D eigenvalue weighted by Crippen LogP contribution is 2.24. The van der Waals surface area contributed by atoms with Gasteiger partial charge >= 0.3 is 0 Å². The molecule has 0 saturated heterocycles. The summed E-state index contributed by atoms with van der Waals surface area (Å²) in [5.74, 6) is -1.44. The van der Waals surface area contributed by atoms with Crippen molar-refractivity contribution in [2.75, 3.05) is 6.54 Å². The zero-order valence-electron chi connectivity index (χ0n) is 26.6. The van der Waals surface area contributed by atoms with E-state index in [2.05, 4.69) is 33.2 Å². The van der Waals surface area contributed by atoms with Crippen LogP contribution in [0, 0.1) is 5.92 Å². The summed E-state index contributed by atoms with van der Waals surface area (Å²) in [5.41, 5.74) is 6.90. The molecule has 2 aromatic rings. The van der Waals surface area contributed by atoms with E-state index in [0.717, 1.165) is 0 Å². The zero-order chi connectivity index (χ0) is 34.0. The van der Waals surface area contributed by atoms with Crippen LogP contribution in [0.5, 0.6) is 0 Å². The summed E-state index contributed by atoms with van der Waals surface area (Å²) in [7, 11) is 0. The number of hydrogen-bond donors (Lipinski definition) is 6. The molecule has 1 aromatic carbocycles. The minimum atomic E-state index is -0.862. The van der Waals surface area contributed by atoms with Crippen LogP contribution in [0.2, 0.25) is 0 Å². The van der Waals surface area contributed by atoms with E-state index in [0.29, 0.717) is 87.6 Å². The van der Waals surface area contributed by atoms with E-state index in [9.17, 15) is 28.8 Å². The summed E-state index contributed by atoms with van der Waals surface area (Å²) >= 11 is 0. The van der Waals surface area contributed by atoms with Crippen molar-refractivity contribution < 1.29 is 33.2 Å². The van der Waals surface area contributed by atoms with Gasteiger partial charge in [0.1, 0.15) is 17.8 Å². The second-order valence-corrected chi connectivity index (χ2v) is 11.7. The first-order valence-corrected chi connectivity index (χ1v) is 16.1. The van der Waals surface area contributed by atoms with Crippen LogP contribution in [0.3, 0.4) is 0 Å². The van der Waals surface area contributed by atoms with E-state index in [4.69, 9.17) is 10.2 Å². The molecule has 1 aliphatic rings. The Morgan fingerprint density at radius 2 is 1.66 bits per heavy atom. The summed E-state index contributed by atoms with van der Waals surface area (Å²) in [6, 6.07) is 9.11. The number of aryl methyl sites for hydroxylation is 1. The van der Waals surface area contributed by atoms with Gasteiger partial charge in [-0.1, -0.05) is 30.8 Å². The van der Waals surface area contributed by atoms with Crippen LogP contribution in [-0.4, -0.2) is 60.6 Å². The Morgan fingerprint density at radius 3 is 2.32 bits per heavy atom. The minimum Gasteiger partial charge on any atom is -0.469 e. The quantitative estimate of drug-likeness (QED) is 0.0704. The number of primary amides is 1. The van der Waals surface area contributed by atoms with Crippen LogP contribution in [0.15, 0.2) is 59.7 Å². The van der Waals surface area contributed by atoms with E-state index in [1.165, 1.54) is 6.08 Å². The fourth-order valence-corrected chi connectivity index (χ4v) is 5.59. The molecule has 0 spiro atoms. The third-order valence-electron chi connectivity index (χ3n) is 8.30. The van der Waals surface area contributed by atoms with Gasteiger partial charge in [0.05, 0.1) is 12.7 Å². The number of carbonyl (C=O) groups excluding carboxylic acids is 6. The molecule has 1 saturated carbocycles. The second-order valence-electron chi connectivity index (χ2n) is 11.7. The van der Waals surface area contributed by atoms with Gasteiger partial charge in [0, 0.05) is 31.5 Å². The fraction of sp³-hybridized carbons (Fsp3) is 0.471. The van der Waals surface area contributed by atoms with E-state index >= 15 is 0 Å². The van der Waals surface area contributed by atoms with Gasteiger partial charge in [0.25, 0.3) is 0 Å². The Morgan fingerprint density at radius 1 is 0.915 bits per heavy atom. The van der Waals surface area contributed by atoms with Crippen molar-refractivity contribution in [3.05, 3.63) is 72.2 Å². The number of nitrogens with one attached hydrogen (secondary N) is 5. The van der Waals surface area contributed by atoms with E-state index in [-0.39, 0.29) is 42.6 Å². The minimum absolute atomic E-state index is 0.0362. The number of rotatable bonds is 20. The monoisotopic (exact) mass is 650 g/mol. The number of furan rings is 1. The predicted molar refractivity (Wildman–Crippen MR) is 174 cm³/mol. The lowest BCUT2D eigenvalue weighted by molar-refractivity contribution is -0.132. The summed E-state index contributed by atoms with van der Waals surface area (Å²) in [6.07, 6.45) is 8.26. The largest absolute Gasteiger partial charge is 0.469 e. The van der Waals surface area contributed by atoms with Crippen molar-refractivity contribution in [3.8, 4) is 0 Å². The lowest BCUT2D eigenvalue weighted by Crippen LogP contribution is -2.49. The number of benzene rings is 1. The van der Waals surface area contributed by atoms with Crippen LogP contribution in [0.1, 0.15) is 68.3 Å². The lowest BCUT2D eigenvalue weighted by Gasteiger charge is -2.28. The second kappa shape index (κ2) is 19.5. The van der Waals surface area contributed by atoms with Gasteiger partial charge in [-0.2, -0.15) is 0 Å². The van der Waals surface area contributed by atoms with Crippen LogP contribution in [0.25, 0.3) is 0 Å². The maximum Gasteiger partial charge on any atom is 0.243 e. The molecule has 6 amide bonds. The van der Waals surface area contributed by atoms with Gasteiger partial charge in [0.15, 0.2) is 0 Å². The van der Waals surface area contributed by atoms with Crippen molar-refractivity contribution in [2.45, 2.75) is 88.9 Å². The molecule has 1 aliphatic carbocycles. The SMILES string of the molecule is C=CC(=O)NCCCC[C@H](NC(=O)Cc1ccccc1CNC(=O)[C@H](CCc1ccco1)NC(=O)[C@H]1CC[C@@H](NC=O)CC1)C(N)=O. The highest BCUT2D eigenvalue weighted by molar-refractivity contribution is 5.89. The van der Waals surface area contributed by atoms with E-state index in [1.807, 2.05) is 6.07 Å². The average molecular weight is 651 g/mol. The highest BCUT2D eigenvalue weighted by atomic mass is 16.3. The number of unbranched alkanes of at least 4 members (excludes halogenated alkanes) is 1. The van der Waals surface area contributed by atoms with Crippen LogP contribution in [-0.2, 0) is 48.2 Å². The third kappa shape index (κ3) is 12.8. The van der Waals surface area contributed by atoms with Crippen molar-refractivity contribution in [1.82, 2.24) is 26.6 Å². The molecule has 13 heteroatoms. The molecule has 13 nitrogen and oxygen atoms in total.